The monoisotopic (exact) mass is 231 g/mol. The molecule has 7 heteroatoms. The highest BCUT2D eigenvalue weighted by Gasteiger charge is 2.25. The number of nitrogens with zero attached hydrogens (tertiary/aromatic N) is 1. The van der Waals surface area contributed by atoms with Gasteiger partial charge in [-0.05, 0) is 24.3 Å². The molecule has 0 aliphatic rings. The lowest BCUT2D eigenvalue weighted by molar-refractivity contribution is 0.317. The fourth-order valence-corrected chi connectivity index (χ4v) is 1.63. The molecular weight excluding hydrogens is 221 g/mol. The largest absolute Gasteiger partial charge is 0.497 e. The van der Waals surface area contributed by atoms with Crippen LogP contribution in [-0.2, 0) is 4.57 Å². The molecule has 0 atom stereocenters. The standard InChI is InChI=1S/C8H10NO5P/c1-14-7-4-2-6(3-5-7)8(9-10)15(11,12)13/h2-5,10H,1H3,(H2,11,12,13)/b9-8+. The SMILES string of the molecule is COc1ccc(/C(=N\O)P(=O)(O)O)cc1. The number of benzene rings is 1. The van der Waals surface area contributed by atoms with Gasteiger partial charge in [0.05, 0.1) is 7.11 Å². The molecule has 0 spiro atoms. The molecule has 0 unspecified atom stereocenters. The molecule has 3 N–H and O–H groups in total. The molecule has 1 aromatic rings. The summed E-state index contributed by atoms with van der Waals surface area (Å²) in [4.78, 5) is 17.7. The Morgan fingerprint density at radius 1 is 1.33 bits per heavy atom. The molecular formula is C8H10NO5P. The second-order valence-corrected chi connectivity index (χ2v) is 4.21. The van der Waals surface area contributed by atoms with Crippen molar-refractivity contribution in [3.05, 3.63) is 29.8 Å². The molecule has 6 nitrogen and oxygen atoms in total. The third-order valence-corrected chi connectivity index (χ3v) is 2.62. The highest BCUT2D eigenvalue weighted by atomic mass is 31.2. The van der Waals surface area contributed by atoms with E-state index in [9.17, 15) is 4.57 Å². The second kappa shape index (κ2) is 4.44. The quantitative estimate of drug-likeness (QED) is 0.312. The highest BCUT2D eigenvalue weighted by Crippen LogP contribution is 2.39. The minimum atomic E-state index is -4.56. The zero-order chi connectivity index (χ0) is 11.5. The van der Waals surface area contributed by atoms with Crippen LogP contribution in [0.3, 0.4) is 0 Å². The maximum atomic E-state index is 10.9. The van der Waals surface area contributed by atoms with Gasteiger partial charge in [0.15, 0.2) is 5.45 Å². The van der Waals surface area contributed by atoms with Crippen molar-refractivity contribution < 1.29 is 24.3 Å². The van der Waals surface area contributed by atoms with Gasteiger partial charge in [0.25, 0.3) is 0 Å². The van der Waals surface area contributed by atoms with Crippen molar-refractivity contribution >= 4 is 13.0 Å². The minimum absolute atomic E-state index is 0.145. The first-order valence-electron chi connectivity index (χ1n) is 3.91. The zero-order valence-electron chi connectivity index (χ0n) is 7.86. The van der Waals surface area contributed by atoms with E-state index in [4.69, 9.17) is 19.7 Å². The Hall–Kier alpha value is -1.36. The van der Waals surface area contributed by atoms with Crippen LogP contribution in [0, 0.1) is 0 Å². The number of hydrogen-bond donors (Lipinski definition) is 3. The number of methoxy groups -OCH3 is 1. The van der Waals surface area contributed by atoms with E-state index in [1.54, 1.807) is 0 Å². The van der Waals surface area contributed by atoms with Gasteiger partial charge in [-0.1, -0.05) is 5.16 Å². The van der Waals surface area contributed by atoms with Gasteiger partial charge in [-0.3, -0.25) is 4.57 Å². The third kappa shape index (κ3) is 2.79. The van der Waals surface area contributed by atoms with Gasteiger partial charge in [0, 0.05) is 5.56 Å². The second-order valence-electron chi connectivity index (χ2n) is 2.70. The Morgan fingerprint density at radius 2 is 1.87 bits per heavy atom. The summed E-state index contributed by atoms with van der Waals surface area (Å²) in [6, 6.07) is 5.81. The van der Waals surface area contributed by atoms with Crippen molar-refractivity contribution in [2.45, 2.75) is 0 Å². The lowest BCUT2D eigenvalue weighted by Gasteiger charge is -2.06. The summed E-state index contributed by atoms with van der Waals surface area (Å²) in [7, 11) is -3.09. The molecule has 15 heavy (non-hydrogen) atoms. The molecule has 0 aliphatic carbocycles. The first-order chi connectivity index (χ1) is 6.99. The van der Waals surface area contributed by atoms with E-state index in [0.717, 1.165) is 0 Å². The lowest BCUT2D eigenvalue weighted by atomic mass is 10.2. The Morgan fingerprint density at radius 3 is 2.20 bits per heavy atom. The van der Waals surface area contributed by atoms with Gasteiger partial charge in [-0.2, -0.15) is 0 Å². The van der Waals surface area contributed by atoms with Crippen molar-refractivity contribution in [1.29, 1.82) is 0 Å². The van der Waals surface area contributed by atoms with Gasteiger partial charge >= 0.3 is 7.60 Å². The predicted molar refractivity (Wildman–Crippen MR) is 53.4 cm³/mol. The van der Waals surface area contributed by atoms with E-state index in [0.29, 0.717) is 5.75 Å². The van der Waals surface area contributed by atoms with Crippen LogP contribution in [0.15, 0.2) is 29.4 Å². The van der Waals surface area contributed by atoms with Crippen molar-refractivity contribution in [2.75, 3.05) is 7.11 Å². The molecule has 0 saturated carbocycles. The lowest BCUT2D eigenvalue weighted by Crippen LogP contribution is -2.01. The molecule has 0 amide bonds. The first kappa shape index (κ1) is 11.7. The zero-order valence-corrected chi connectivity index (χ0v) is 8.76. The van der Waals surface area contributed by atoms with Crippen molar-refractivity contribution in [3.8, 4) is 5.75 Å². The van der Waals surface area contributed by atoms with Gasteiger partial charge in [0.1, 0.15) is 5.75 Å². The molecule has 0 aliphatic heterocycles. The van der Waals surface area contributed by atoms with Crippen LogP contribution < -0.4 is 4.74 Å². The average molecular weight is 231 g/mol. The maximum absolute atomic E-state index is 10.9. The molecule has 0 saturated heterocycles. The van der Waals surface area contributed by atoms with E-state index in [1.807, 2.05) is 0 Å². The first-order valence-corrected chi connectivity index (χ1v) is 5.53. The van der Waals surface area contributed by atoms with Crippen LogP contribution >= 0.6 is 7.60 Å². The average Bonchev–Trinajstić information content (AvgIpc) is 2.18. The fourth-order valence-electron chi connectivity index (χ4n) is 1.02. The van der Waals surface area contributed by atoms with E-state index >= 15 is 0 Å². The van der Waals surface area contributed by atoms with Crippen molar-refractivity contribution in [3.63, 3.8) is 0 Å². The van der Waals surface area contributed by atoms with Crippen LogP contribution in [0.4, 0.5) is 0 Å². The van der Waals surface area contributed by atoms with Crippen molar-refractivity contribution in [1.82, 2.24) is 0 Å². The summed E-state index contributed by atoms with van der Waals surface area (Å²) in [6.07, 6.45) is 0. The van der Waals surface area contributed by atoms with E-state index in [-0.39, 0.29) is 5.56 Å². The topological polar surface area (TPSA) is 99.4 Å². The van der Waals surface area contributed by atoms with E-state index in [2.05, 4.69) is 5.16 Å². The number of hydrogen-bond acceptors (Lipinski definition) is 4. The fraction of sp³-hybridized carbons (Fsp3) is 0.125. The van der Waals surface area contributed by atoms with Crippen LogP contribution in [-0.4, -0.2) is 27.6 Å². The summed E-state index contributed by atoms with van der Waals surface area (Å²) in [5.41, 5.74) is -0.517. The van der Waals surface area contributed by atoms with Gasteiger partial charge in [-0.25, -0.2) is 0 Å². The van der Waals surface area contributed by atoms with E-state index < -0.39 is 13.0 Å². The normalized spacial score (nSPS) is 12.6. The molecule has 1 aromatic carbocycles. The maximum Gasteiger partial charge on any atom is 0.378 e. The molecule has 0 bridgehead atoms. The Kier molecular flexibility index (Phi) is 3.47. The van der Waals surface area contributed by atoms with Crippen LogP contribution in [0.5, 0.6) is 5.75 Å². The molecule has 0 radical (unpaired) electrons. The van der Waals surface area contributed by atoms with Gasteiger partial charge < -0.3 is 19.7 Å². The third-order valence-electron chi connectivity index (χ3n) is 1.72. The summed E-state index contributed by atoms with van der Waals surface area (Å²) >= 11 is 0. The predicted octanol–water partition coefficient (Wildman–Crippen LogP) is 1.01. The summed E-state index contributed by atoms with van der Waals surface area (Å²) in [6.45, 7) is 0. The number of oxime groups is 1. The molecule has 0 fully saturated rings. The van der Waals surface area contributed by atoms with Crippen LogP contribution in [0.25, 0.3) is 0 Å². The minimum Gasteiger partial charge on any atom is -0.497 e. The van der Waals surface area contributed by atoms with Crippen molar-refractivity contribution in [2.24, 2.45) is 5.16 Å². The summed E-state index contributed by atoms with van der Waals surface area (Å²) < 4.78 is 15.8. The van der Waals surface area contributed by atoms with Crippen LogP contribution in [0.2, 0.25) is 0 Å². The van der Waals surface area contributed by atoms with Crippen LogP contribution in [0.1, 0.15) is 5.56 Å². The summed E-state index contributed by atoms with van der Waals surface area (Å²) in [5.74, 6) is 0.543. The number of ether oxygens (including phenoxy) is 1. The number of rotatable bonds is 3. The Balaban J connectivity index is 3.11. The van der Waals surface area contributed by atoms with E-state index in [1.165, 1.54) is 31.4 Å². The van der Waals surface area contributed by atoms with Gasteiger partial charge in [0.2, 0.25) is 0 Å². The van der Waals surface area contributed by atoms with Gasteiger partial charge in [-0.15, -0.1) is 0 Å². The summed E-state index contributed by atoms with van der Waals surface area (Å²) in [5, 5.41) is 11.1. The Bertz CT molecular complexity index is 408. The molecule has 0 aromatic heterocycles. The highest BCUT2D eigenvalue weighted by molar-refractivity contribution is 7.71. The molecule has 82 valence electrons. The molecule has 1 rings (SSSR count). The smallest absolute Gasteiger partial charge is 0.378 e. The molecule has 0 heterocycles. The Labute approximate surface area is 86.0 Å².